The van der Waals surface area contributed by atoms with Crippen molar-refractivity contribution in [1.29, 1.82) is 0 Å². The average Bonchev–Trinajstić information content (AvgIpc) is 2.75. The quantitative estimate of drug-likeness (QED) is 0.258. The standard InChI is InChI=1S/C24H24ClN3OS2/c1-3-22(23(29)26-19-13-12-16(2)21(25)15-19)31-20-11-7-10-18(14-20)28-24(30)27-17-8-5-4-6-9-17/h4-15,22H,3H2,1-2H3,(H,26,29)(H2,27,28,30). The summed E-state index contributed by atoms with van der Waals surface area (Å²) in [5, 5.41) is 10.2. The average molecular weight is 470 g/mol. The molecule has 0 fully saturated rings. The largest absolute Gasteiger partial charge is 0.332 e. The van der Waals surface area contributed by atoms with Crippen molar-refractivity contribution in [2.45, 2.75) is 30.4 Å². The minimum absolute atomic E-state index is 0.0490. The Morgan fingerprint density at radius 3 is 2.32 bits per heavy atom. The molecule has 160 valence electrons. The molecule has 0 aliphatic rings. The Bertz CT molecular complexity index is 1060. The van der Waals surface area contributed by atoms with Crippen molar-refractivity contribution >= 4 is 63.7 Å². The molecule has 4 nitrogen and oxygen atoms in total. The molecule has 0 aliphatic carbocycles. The van der Waals surface area contributed by atoms with E-state index in [2.05, 4.69) is 16.0 Å². The van der Waals surface area contributed by atoms with Gasteiger partial charge in [0.05, 0.1) is 5.25 Å². The Kier molecular flexibility index (Phi) is 8.35. The number of halogens is 1. The molecule has 31 heavy (non-hydrogen) atoms. The molecule has 0 radical (unpaired) electrons. The maximum Gasteiger partial charge on any atom is 0.237 e. The molecule has 3 N–H and O–H groups in total. The third-order valence-corrected chi connectivity index (χ3v) is 6.47. The summed E-state index contributed by atoms with van der Waals surface area (Å²) in [4.78, 5) is 13.8. The zero-order valence-electron chi connectivity index (χ0n) is 17.3. The summed E-state index contributed by atoms with van der Waals surface area (Å²) in [7, 11) is 0. The molecular formula is C24H24ClN3OS2. The van der Waals surface area contributed by atoms with Crippen LogP contribution in [-0.4, -0.2) is 16.3 Å². The van der Waals surface area contributed by atoms with Gasteiger partial charge in [-0.25, -0.2) is 0 Å². The normalized spacial score (nSPS) is 11.5. The zero-order valence-corrected chi connectivity index (χ0v) is 19.7. The van der Waals surface area contributed by atoms with Gasteiger partial charge in [-0.3, -0.25) is 4.79 Å². The van der Waals surface area contributed by atoms with Crippen molar-refractivity contribution in [3.63, 3.8) is 0 Å². The van der Waals surface area contributed by atoms with E-state index in [0.29, 0.717) is 22.2 Å². The fraction of sp³-hybridized carbons (Fsp3) is 0.167. The Morgan fingerprint density at radius 1 is 0.935 bits per heavy atom. The first-order valence-electron chi connectivity index (χ1n) is 9.91. The lowest BCUT2D eigenvalue weighted by Crippen LogP contribution is -2.24. The number of hydrogen-bond donors (Lipinski definition) is 3. The van der Waals surface area contributed by atoms with E-state index in [-0.39, 0.29) is 11.2 Å². The molecule has 0 aliphatic heterocycles. The molecule has 3 aromatic rings. The number of benzene rings is 3. The number of aryl methyl sites for hydroxylation is 1. The number of rotatable bonds is 7. The monoisotopic (exact) mass is 469 g/mol. The van der Waals surface area contributed by atoms with Crippen LogP contribution in [0.5, 0.6) is 0 Å². The second-order valence-electron chi connectivity index (χ2n) is 6.94. The molecule has 0 heterocycles. The number of amides is 1. The van der Waals surface area contributed by atoms with Gasteiger partial charge in [0.15, 0.2) is 5.11 Å². The maximum absolute atomic E-state index is 12.8. The zero-order chi connectivity index (χ0) is 22.2. The van der Waals surface area contributed by atoms with Crippen molar-refractivity contribution in [1.82, 2.24) is 0 Å². The van der Waals surface area contributed by atoms with Crippen LogP contribution in [0, 0.1) is 6.92 Å². The summed E-state index contributed by atoms with van der Waals surface area (Å²) in [5.74, 6) is -0.0490. The predicted molar refractivity (Wildman–Crippen MR) is 137 cm³/mol. The van der Waals surface area contributed by atoms with Gasteiger partial charge in [-0.05, 0) is 73.6 Å². The molecule has 3 aromatic carbocycles. The molecule has 1 unspecified atom stereocenters. The molecule has 0 bridgehead atoms. The van der Waals surface area contributed by atoms with Crippen molar-refractivity contribution in [2.24, 2.45) is 0 Å². The van der Waals surface area contributed by atoms with Gasteiger partial charge in [-0.1, -0.05) is 48.9 Å². The number of hydrogen-bond acceptors (Lipinski definition) is 3. The number of anilines is 3. The summed E-state index contributed by atoms with van der Waals surface area (Å²) in [6, 6.07) is 23.1. The van der Waals surface area contributed by atoms with Gasteiger partial charge in [-0.2, -0.15) is 0 Å². The SMILES string of the molecule is CCC(Sc1cccc(NC(=S)Nc2ccccc2)c1)C(=O)Nc1ccc(C)c(Cl)c1. The second kappa shape index (κ2) is 11.2. The van der Waals surface area contributed by atoms with Crippen molar-refractivity contribution in [3.8, 4) is 0 Å². The summed E-state index contributed by atoms with van der Waals surface area (Å²) < 4.78 is 0. The molecule has 0 spiro atoms. The lowest BCUT2D eigenvalue weighted by Gasteiger charge is -2.16. The molecule has 3 rings (SSSR count). The van der Waals surface area contributed by atoms with Crippen LogP contribution in [-0.2, 0) is 4.79 Å². The summed E-state index contributed by atoms with van der Waals surface area (Å²) >= 11 is 13.1. The summed E-state index contributed by atoms with van der Waals surface area (Å²) in [6.45, 7) is 3.93. The van der Waals surface area contributed by atoms with Crippen LogP contribution in [0.15, 0.2) is 77.7 Å². The molecule has 0 saturated heterocycles. The minimum Gasteiger partial charge on any atom is -0.332 e. The first-order valence-corrected chi connectivity index (χ1v) is 11.6. The van der Waals surface area contributed by atoms with Crippen LogP contribution >= 0.6 is 35.6 Å². The predicted octanol–water partition coefficient (Wildman–Crippen LogP) is 6.97. The Hall–Kier alpha value is -2.54. The number of carbonyl (C=O) groups is 1. The lowest BCUT2D eigenvalue weighted by atomic mass is 10.2. The highest BCUT2D eigenvalue weighted by atomic mass is 35.5. The van der Waals surface area contributed by atoms with Crippen LogP contribution in [0.3, 0.4) is 0 Å². The maximum atomic E-state index is 12.8. The fourth-order valence-corrected chi connectivity index (χ4v) is 4.27. The Morgan fingerprint density at radius 2 is 1.61 bits per heavy atom. The summed E-state index contributed by atoms with van der Waals surface area (Å²) in [5.41, 5.74) is 3.46. The van der Waals surface area contributed by atoms with E-state index in [9.17, 15) is 4.79 Å². The molecule has 0 aromatic heterocycles. The number of carbonyl (C=O) groups excluding carboxylic acids is 1. The first kappa shape index (κ1) is 23.1. The number of para-hydroxylation sites is 1. The van der Waals surface area contributed by atoms with Crippen molar-refractivity contribution in [3.05, 3.63) is 83.4 Å². The smallest absolute Gasteiger partial charge is 0.237 e. The Labute approximate surface area is 197 Å². The highest BCUT2D eigenvalue weighted by Crippen LogP contribution is 2.29. The van der Waals surface area contributed by atoms with Crippen LogP contribution in [0.2, 0.25) is 5.02 Å². The van der Waals surface area contributed by atoms with E-state index >= 15 is 0 Å². The number of thiocarbonyl (C=S) groups is 1. The van der Waals surface area contributed by atoms with E-state index in [1.807, 2.05) is 80.6 Å². The Balaban J connectivity index is 1.61. The molecular weight excluding hydrogens is 446 g/mol. The van der Waals surface area contributed by atoms with E-state index < -0.39 is 0 Å². The van der Waals surface area contributed by atoms with Crippen molar-refractivity contribution in [2.75, 3.05) is 16.0 Å². The molecule has 1 atom stereocenters. The van der Waals surface area contributed by atoms with Gasteiger partial charge in [0, 0.05) is 27.0 Å². The molecule has 0 saturated carbocycles. The van der Waals surface area contributed by atoms with E-state index in [1.54, 1.807) is 6.07 Å². The fourth-order valence-electron chi connectivity index (χ4n) is 2.84. The third kappa shape index (κ3) is 6.99. The van der Waals surface area contributed by atoms with Gasteiger partial charge in [0.25, 0.3) is 0 Å². The highest BCUT2D eigenvalue weighted by Gasteiger charge is 2.18. The van der Waals surface area contributed by atoms with Gasteiger partial charge in [0.2, 0.25) is 5.91 Å². The van der Waals surface area contributed by atoms with Crippen molar-refractivity contribution < 1.29 is 4.79 Å². The minimum atomic E-state index is -0.232. The van der Waals surface area contributed by atoms with Gasteiger partial charge in [-0.15, -0.1) is 11.8 Å². The van der Waals surface area contributed by atoms with E-state index in [0.717, 1.165) is 21.8 Å². The highest BCUT2D eigenvalue weighted by molar-refractivity contribution is 8.00. The van der Waals surface area contributed by atoms with Crippen LogP contribution in [0.1, 0.15) is 18.9 Å². The van der Waals surface area contributed by atoms with Gasteiger partial charge in [0.1, 0.15) is 0 Å². The van der Waals surface area contributed by atoms with E-state index in [1.165, 1.54) is 11.8 Å². The van der Waals surface area contributed by atoms with Gasteiger partial charge >= 0.3 is 0 Å². The van der Waals surface area contributed by atoms with Gasteiger partial charge < -0.3 is 16.0 Å². The lowest BCUT2D eigenvalue weighted by molar-refractivity contribution is -0.115. The molecule has 7 heteroatoms. The molecule has 1 amide bonds. The third-order valence-electron chi connectivity index (χ3n) is 4.50. The first-order chi connectivity index (χ1) is 14.9. The van der Waals surface area contributed by atoms with Crippen LogP contribution in [0.4, 0.5) is 17.1 Å². The number of thioether (sulfide) groups is 1. The second-order valence-corrected chi connectivity index (χ2v) is 9.03. The van der Waals surface area contributed by atoms with Crippen LogP contribution < -0.4 is 16.0 Å². The number of nitrogens with one attached hydrogen (secondary N) is 3. The van der Waals surface area contributed by atoms with Crippen LogP contribution in [0.25, 0.3) is 0 Å². The topological polar surface area (TPSA) is 53.2 Å². The summed E-state index contributed by atoms with van der Waals surface area (Å²) in [6.07, 6.45) is 0.696. The van der Waals surface area contributed by atoms with E-state index in [4.69, 9.17) is 23.8 Å².